The summed E-state index contributed by atoms with van der Waals surface area (Å²) >= 11 is 0. The minimum absolute atomic E-state index is 0. The molecule has 0 spiro atoms. The maximum absolute atomic E-state index is 12.9. The van der Waals surface area contributed by atoms with E-state index in [4.69, 9.17) is 5.73 Å². The maximum Gasteiger partial charge on any atom is 0.243 e. The normalized spacial score (nSPS) is 22.2. The van der Waals surface area contributed by atoms with Crippen molar-refractivity contribution in [1.82, 2.24) is 4.31 Å². The first-order chi connectivity index (χ1) is 10.6. The van der Waals surface area contributed by atoms with E-state index < -0.39 is 10.0 Å². The van der Waals surface area contributed by atoms with Crippen LogP contribution in [0.3, 0.4) is 0 Å². The Bertz CT molecular complexity index is 631. The van der Waals surface area contributed by atoms with Crippen molar-refractivity contribution in [3.63, 3.8) is 0 Å². The Morgan fingerprint density at radius 3 is 2.61 bits per heavy atom. The molecule has 6 heteroatoms. The van der Waals surface area contributed by atoms with Crippen LogP contribution in [-0.4, -0.2) is 32.4 Å². The van der Waals surface area contributed by atoms with Gasteiger partial charge in [-0.25, -0.2) is 8.42 Å². The first kappa shape index (κ1) is 18.7. The molecular weight excluding hydrogens is 332 g/mol. The van der Waals surface area contributed by atoms with Crippen molar-refractivity contribution in [2.24, 2.45) is 11.7 Å². The molecule has 2 N–H and O–H groups in total. The fourth-order valence-electron chi connectivity index (χ4n) is 3.74. The Morgan fingerprint density at radius 2 is 1.87 bits per heavy atom. The molecule has 0 amide bonds. The third-order valence-electron chi connectivity index (χ3n) is 5.01. The Morgan fingerprint density at radius 1 is 1.13 bits per heavy atom. The van der Waals surface area contributed by atoms with Crippen LogP contribution in [0.2, 0.25) is 0 Å². The van der Waals surface area contributed by atoms with E-state index in [9.17, 15) is 8.42 Å². The SMILES string of the molecule is Cl.NCCC1CCCN(S(=O)(=O)c2ccc3c(c2)CCCC3)C1. The minimum atomic E-state index is -3.35. The number of halogens is 1. The third kappa shape index (κ3) is 4.08. The zero-order valence-electron chi connectivity index (χ0n) is 13.5. The van der Waals surface area contributed by atoms with Gasteiger partial charge in [0.25, 0.3) is 0 Å². The van der Waals surface area contributed by atoms with Crippen molar-refractivity contribution < 1.29 is 8.42 Å². The first-order valence-electron chi connectivity index (χ1n) is 8.43. The summed E-state index contributed by atoms with van der Waals surface area (Å²) in [6, 6.07) is 5.73. The van der Waals surface area contributed by atoms with Gasteiger partial charge in [0.05, 0.1) is 4.90 Å². The van der Waals surface area contributed by atoms with Gasteiger partial charge < -0.3 is 5.73 Å². The Labute approximate surface area is 145 Å². The lowest BCUT2D eigenvalue weighted by Crippen LogP contribution is -2.40. The zero-order valence-corrected chi connectivity index (χ0v) is 15.2. The van der Waals surface area contributed by atoms with Gasteiger partial charge >= 0.3 is 0 Å². The fourth-order valence-corrected chi connectivity index (χ4v) is 5.34. The molecule has 1 aliphatic carbocycles. The van der Waals surface area contributed by atoms with Crippen molar-refractivity contribution in [3.05, 3.63) is 29.3 Å². The molecule has 1 aromatic carbocycles. The summed E-state index contributed by atoms with van der Waals surface area (Å²) in [6.45, 7) is 1.90. The molecule has 0 bridgehead atoms. The standard InChI is InChI=1S/C17H26N2O2S.ClH/c18-10-9-14-4-3-11-19(13-14)22(20,21)17-8-7-15-5-1-2-6-16(15)12-17;/h7-8,12,14H,1-6,9-11,13,18H2;1H. The van der Waals surface area contributed by atoms with E-state index in [1.54, 1.807) is 10.4 Å². The average molecular weight is 359 g/mol. The molecule has 2 aliphatic rings. The van der Waals surface area contributed by atoms with Gasteiger partial charge in [0.2, 0.25) is 10.0 Å². The number of piperidine rings is 1. The van der Waals surface area contributed by atoms with Crippen LogP contribution in [0.1, 0.15) is 43.2 Å². The molecule has 0 aromatic heterocycles. The molecule has 4 nitrogen and oxygen atoms in total. The van der Waals surface area contributed by atoms with Crippen LogP contribution >= 0.6 is 12.4 Å². The number of fused-ring (bicyclic) bond motifs is 1. The molecule has 1 aliphatic heterocycles. The lowest BCUT2D eigenvalue weighted by atomic mass is 9.92. The van der Waals surface area contributed by atoms with Crippen LogP contribution in [0, 0.1) is 5.92 Å². The second-order valence-corrected chi connectivity index (χ2v) is 8.52. The molecule has 23 heavy (non-hydrogen) atoms. The van der Waals surface area contributed by atoms with Crippen LogP contribution in [-0.2, 0) is 22.9 Å². The minimum Gasteiger partial charge on any atom is -0.330 e. The maximum atomic E-state index is 12.9. The van der Waals surface area contributed by atoms with Crippen LogP contribution in [0.15, 0.2) is 23.1 Å². The molecule has 1 atom stereocenters. The second-order valence-electron chi connectivity index (χ2n) is 6.59. The molecule has 1 heterocycles. The number of hydrogen-bond acceptors (Lipinski definition) is 3. The highest BCUT2D eigenvalue weighted by molar-refractivity contribution is 7.89. The zero-order chi connectivity index (χ0) is 15.6. The summed E-state index contributed by atoms with van der Waals surface area (Å²) < 4.78 is 27.5. The summed E-state index contributed by atoms with van der Waals surface area (Å²) in [4.78, 5) is 0.474. The summed E-state index contributed by atoms with van der Waals surface area (Å²) in [6.07, 6.45) is 7.41. The highest BCUT2D eigenvalue weighted by atomic mass is 35.5. The van der Waals surface area contributed by atoms with Gasteiger partial charge in [-0.2, -0.15) is 4.31 Å². The Hall–Kier alpha value is -0.620. The predicted octanol–water partition coefficient (Wildman–Crippen LogP) is 2.74. The lowest BCUT2D eigenvalue weighted by molar-refractivity contribution is 0.258. The number of nitrogens with zero attached hydrogens (tertiary/aromatic N) is 1. The number of rotatable bonds is 4. The van der Waals surface area contributed by atoms with Crippen molar-refractivity contribution in [2.45, 2.75) is 49.8 Å². The molecule has 130 valence electrons. The van der Waals surface area contributed by atoms with Crippen molar-refractivity contribution in [3.8, 4) is 0 Å². The summed E-state index contributed by atoms with van der Waals surface area (Å²) in [5, 5.41) is 0. The number of aryl methyl sites for hydroxylation is 2. The van der Waals surface area contributed by atoms with Crippen molar-refractivity contribution in [1.29, 1.82) is 0 Å². The van der Waals surface area contributed by atoms with Gasteiger partial charge in [0.15, 0.2) is 0 Å². The van der Waals surface area contributed by atoms with Gasteiger partial charge in [-0.3, -0.25) is 0 Å². The first-order valence-corrected chi connectivity index (χ1v) is 9.87. The highest BCUT2D eigenvalue weighted by Crippen LogP contribution is 2.28. The Balaban J connectivity index is 0.00000192. The summed E-state index contributed by atoms with van der Waals surface area (Å²) in [5.41, 5.74) is 8.18. The van der Waals surface area contributed by atoms with Gasteiger partial charge in [-0.05, 0) is 80.7 Å². The Kier molecular flexibility index (Phi) is 6.48. The molecule has 1 saturated heterocycles. The largest absolute Gasteiger partial charge is 0.330 e. The number of sulfonamides is 1. The van der Waals surface area contributed by atoms with Gasteiger partial charge in [-0.15, -0.1) is 12.4 Å². The fraction of sp³-hybridized carbons (Fsp3) is 0.647. The summed E-state index contributed by atoms with van der Waals surface area (Å²) in [5.74, 6) is 0.408. The van der Waals surface area contributed by atoms with E-state index in [-0.39, 0.29) is 12.4 Å². The molecular formula is C17H27ClN2O2S. The van der Waals surface area contributed by atoms with E-state index in [1.807, 2.05) is 12.1 Å². The van der Waals surface area contributed by atoms with E-state index in [0.717, 1.165) is 32.1 Å². The van der Waals surface area contributed by atoms with E-state index in [0.29, 0.717) is 30.4 Å². The third-order valence-corrected chi connectivity index (χ3v) is 6.88. The van der Waals surface area contributed by atoms with Gasteiger partial charge in [-0.1, -0.05) is 6.07 Å². The quantitative estimate of drug-likeness (QED) is 0.900. The lowest BCUT2D eigenvalue weighted by Gasteiger charge is -2.32. The van der Waals surface area contributed by atoms with Crippen LogP contribution in [0.4, 0.5) is 0 Å². The molecule has 3 rings (SSSR count). The van der Waals surface area contributed by atoms with Gasteiger partial charge in [0.1, 0.15) is 0 Å². The molecule has 0 radical (unpaired) electrons. The number of nitrogens with two attached hydrogens (primary N) is 1. The second kappa shape index (κ2) is 7.97. The van der Waals surface area contributed by atoms with Crippen LogP contribution in [0.25, 0.3) is 0 Å². The van der Waals surface area contributed by atoms with Crippen molar-refractivity contribution in [2.75, 3.05) is 19.6 Å². The predicted molar refractivity (Wildman–Crippen MR) is 95.5 cm³/mol. The smallest absolute Gasteiger partial charge is 0.243 e. The number of hydrogen-bond donors (Lipinski definition) is 1. The monoisotopic (exact) mass is 358 g/mol. The van der Waals surface area contributed by atoms with Crippen LogP contribution in [0.5, 0.6) is 0 Å². The molecule has 1 unspecified atom stereocenters. The average Bonchev–Trinajstić information content (AvgIpc) is 2.55. The topological polar surface area (TPSA) is 63.4 Å². The highest BCUT2D eigenvalue weighted by Gasteiger charge is 2.30. The molecule has 1 fully saturated rings. The van der Waals surface area contributed by atoms with E-state index in [2.05, 4.69) is 0 Å². The van der Waals surface area contributed by atoms with Gasteiger partial charge in [0, 0.05) is 13.1 Å². The van der Waals surface area contributed by atoms with Crippen LogP contribution < -0.4 is 5.73 Å². The molecule has 1 aromatic rings. The van der Waals surface area contributed by atoms with E-state index >= 15 is 0 Å². The number of benzene rings is 1. The van der Waals surface area contributed by atoms with Crippen molar-refractivity contribution >= 4 is 22.4 Å². The molecule has 0 saturated carbocycles. The summed E-state index contributed by atoms with van der Waals surface area (Å²) in [7, 11) is -3.35. The van der Waals surface area contributed by atoms with E-state index in [1.165, 1.54) is 24.0 Å².